The molecule has 1 rings (SSSR count). The number of likely N-dealkylation sites (N-methyl/N-ethyl adjacent to an activating group) is 1. The van der Waals surface area contributed by atoms with Crippen molar-refractivity contribution >= 4 is 29.3 Å². The largest absolute Gasteiger partial charge is 0.340 e. The van der Waals surface area contributed by atoms with Crippen LogP contribution in [0.1, 0.15) is 12.0 Å². The topological polar surface area (TPSA) is 46.3 Å². The number of halogens is 2. The summed E-state index contributed by atoms with van der Waals surface area (Å²) in [5.41, 5.74) is 6.12. The van der Waals surface area contributed by atoms with Gasteiger partial charge in [-0.05, 0) is 30.6 Å². The maximum atomic E-state index is 13.6. The van der Waals surface area contributed by atoms with Crippen LogP contribution in [0, 0.1) is 5.82 Å². The summed E-state index contributed by atoms with van der Waals surface area (Å²) in [6.45, 7) is 0.122. The predicted molar refractivity (Wildman–Crippen MR) is 78.9 cm³/mol. The Morgan fingerprint density at radius 1 is 1.58 bits per heavy atom. The van der Waals surface area contributed by atoms with Crippen LogP contribution in [0.3, 0.4) is 0 Å². The van der Waals surface area contributed by atoms with Gasteiger partial charge in [-0.1, -0.05) is 17.7 Å². The number of hydrogen-bond acceptors (Lipinski definition) is 3. The first kappa shape index (κ1) is 16.3. The Morgan fingerprint density at radius 2 is 2.26 bits per heavy atom. The number of nitrogens with two attached hydrogens (primary N) is 1. The maximum absolute atomic E-state index is 13.6. The molecule has 1 aromatic carbocycles. The van der Waals surface area contributed by atoms with E-state index in [4.69, 9.17) is 17.3 Å². The summed E-state index contributed by atoms with van der Waals surface area (Å²) in [7, 11) is 1.60. The van der Waals surface area contributed by atoms with Gasteiger partial charge in [0.05, 0.1) is 6.04 Å². The van der Waals surface area contributed by atoms with Gasteiger partial charge in [-0.15, -0.1) is 0 Å². The van der Waals surface area contributed by atoms with Crippen molar-refractivity contribution in [3.63, 3.8) is 0 Å². The van der Waals surface area contributed by atoms with Crippen molar-refractivity contribution in [3.05, 3.63) is 34.6 Å². The summed E-state index contributed by atoms with van der Waals surface area (Å²) in [5, 5.41) is 0.317. The number of amides is 1. The highest BCUT2D eigenvalue weighted by Crippen LogP contribution is 2.20. The van der Waals surface area contributed by atoms with Crippen LogP contribution in [0.15, 0.2) is 18.2 Å². The average molecular weight is 305 g/mol. The molecule has 0 saturated carbocycles. The summed E-state index contributed by atoms with van der Waals surface area (Å²) in [4.78, 5) is 13.4. The van der Waals surface area contributed by atoms with Gasteiger partial charge >= 0.3 is 0 Å². The first-order valence-electron chi connectivity index (χ1n) is 5.89. The lowest BCUT2D eigenvalue weighted by atomic mass is 10.1. The lowest BCUT2D eigenvalue weighted by Crippen LogP contribution is -2.41. The van der Waals surface area contributed by atoms with Gasteiger partial charge in [-0.25, -0.2) is 4.39 Å². The molecule has 0 fully saturated rings. The molecule has 2 N–H and O–H groups in total. The molecule has 6 heteroatoms. The van der Waals surface area contributed by atoms with Crippen LogP contribution < -0.4 is 5.73 Å². The molecule has 1 amide bonds. The number of rotatable bonds is 6. The Bertz CT molecular complexity index is 424. The average Bonchev–Trinajstić information content (AvgIpc) is 2.39. The maximum Gasteiger partial charge on any atom is 0.239 e. The molecule has 0 saturated heterocycles. The van der Waals surface area contributed by atoms with Crippen LogP contribution in [0.5, 0.6) is 0 Å². The molecule has 0 heterocycles. The minimum Gasteiger partial charge on any atom is -0.340 e. The van der Waals surface area contributed by atoms with Gasteiger partial charge in [0, 0.05) is 24.2 Å². The molecule has 0 aliphatic heterocycles. The Hall–Kier alpha value is -0.780. The zero-order valence-electron chi connectivity index (χ0n) is 11.0. The highest BCUT2D eigenvalue weighted by Gasteiger charge is 2.19. The third-order valence-corrected chi connectivity index (χ3v) is 3.78. The van der Waals surface area contributed by atoms with E-state index in [9.17, 15) is 9.18 Å². The fraction of sp³-hybridized carbons (Fsp3) is 0.462. The Kier molecular flexibility index (Phi) is 6.62. The monoisotopic (exact) mass is 304 g/mol. The molecule has 0 radical (unpaired) electrons. The summed E-state index contributed by atoms with van der Waals surface area (Å²) in [5.74, 6) is 0.208. The third-order valence-electron chi connectivity index (χ3n) is 2.78. The molecule has 106 valence electrons. The molecule has 1 atom stereocenters. The number of benzene rings is 1. The molecule has 0 unspecified atom stereocenters. The van der Waals surface area contributed by atoms with Crippen molar-refractivity contribution in [2.75, 3.05) is 19.1 Å². The minimum absolute atomic E-state index is 0.122. The van der Waals surface area contributed by atoms with E-state index in [-0.39, 0.29) is 12.5 Å². The van der Waals surface area contributed by atoms with Crippen LogP contribution in [-0.4, -0.2) is 35.9 Å². The molecule has 0 aromatic heterocycles. The molecule has 19 heavy (non-hydrogen) atoms. The van der Waals surface area contributed by atoms with E-state index < -0.39 is 11.9 Å². The molecule has 3 nitrogen and oxygen atoms in total. The van der Waals surface area contributed by atoms with Crippen molar-refractivity contribution in [1.82, 2.24) is 4.90 Å². The number of hydrogen-bond donors (Lipinski definition) is 1. The van der Waals surface area contributed by atoms with E-state index in [1.54, 1.807) is 24.9 Å². The van der Waals surface area contributed by atoms with Crippen molar-refractivity contribution in [3.8, 4) is 0 Å². The van der Waals surface area contributed by atoms with E-state index in [2.05, 4.69) is 0 Å². The zero-order valence-corrected chi connectivity index (χ0v) is 12.6. The second kappa shape index (κ2) is 7.72. The Balaban J connectivity index is 2.68. The smallest absolute Gasteiger partial charge is 0.239 e. The van der Waals surface area contributed by atoms with Crippen molar-refractivity contribution in [1.29, 1.82) is 0 Å². The molecule has 0 aliphatic rings. The van der Waals surface area contributed by atoms with Gasteiger partial charge in [-0.2, -0.15) is 11.8 Å². The minimum atomic E-state index is -0.553. The highest BCUT2D eigenvalue weighted by atomic mass is 35.5. The Labute approximate surface area is 122 Å². The number of carbonyl (C=O) groups is 1. The van der Waals surface area contributed by atoms with Crippen molar-refractivity contribution < 1.29 is 9.18 Å². The van der Waals surface area contributed by atoms with E-state index in [1.807, 2.05) is 6.26 Å². The lowest BCUT2D eigenvalue weighted by molar-refractivity contribution is -0.131. The van der Waals surface area contributed by atoms with E-state index in [1.165, 1.54) is 17.0 Å². The van der Waals surface area contributed by atoms with Crippen LogP contribution in [0.25, 0.3) is 0 Å². The Morgan fingerprint density at radius 3 is 2.84 bits per heavy atom. The van der Waals surface area contributed by atoms with Gasteiger partial charge in [-0.3, -0.25) is 4.79 Å². The lowest BCUT2D eigenvalue weighted by Gasteiger charge is -2.22. The van der Waals surface area contributed by atoms with Crippen molar-refractivity contribution in [2.24, 2.45) is 5.73 Å². The fourth-order valence-electron chi connectivity index (χ4n) is 1.65. The second-order valence-corrected chi connectivity index (χ2v) is 5.68. The third kappa shape index (κ3) is 4.67. The first-order valence-corrected chi connectivity index (χ1v) is 7.67. The quantitative estimate of drug-likeness (QED) is 0.878. The molecule has 0 spiro atoms. The van der Waals surface area contributed by atoms with E-state index >= 15 is 0 Å². The van der Waals surface area contributed by atoms with Crippen molar-refractivity contribution in [2.45, 2.75) is 19.0 Å². The number of thioether (sulfide) groups is 1. The molecule has 1 aromatic rings. The molecule has 0 aliphatic carbocycles. The van der Waals surface area contributed by atoms with Crippen LogP contribution >= 0.6 is 23.4 Å². The summed E-state index contributed by atoms with van der Waals surface area (Å²) >= 11 is 7.57. The van der Waals surface area contributed by atoms with Gasteiger partial charge in [0.25, 0.3) is 0 Å². The standard InChI is InChI=1S/C13H18ClFN2OS/c1-17(13(18)12(16)6-7-19-2)8-9-10(14)4-3-5-11(9)15/h3-5,12H,6-8,16H2,1-2H3/t12-/m0/s1. The zero-order chi connectivity index (χ0) is 14.4. The van der Waals surface area contributed by atoms with Crippen LogP contribution in [0.4, 0.5) is 4.39 Å². The van der Waals surface area contributed by atoms with Gasteiger partial charge in [0.15, 0.2) is 0 Å². The summed E-state index contributed by atoms with van der Waals surface area (Å²) in [6, 6.07) is 3.91. The van der Waals surface area contributed by atoms with Gasteiger partial charge < -0.3 is 10.6 Å². The predicted octanol–water partition coefficient (Wildman–Crippen LogP) is 2.52. The van der Waals surface area contributed by atoms with Gasteiger partial charge in [0.1, 0.15) is 5.82 Å². The second-order valence-electron chi connectivity index (χ2n) is 4.28. The van der Waals surface area contributed by atoms with Gasteiger partial charge in [0.2, 0.25) is 5.91 Å². The fourth-order valence-corrected chi connectivity index (χ4v) is 2.36. The highest BCUT2D eigenvalue weighted by molar-refractivity contribution is 7.98. The van der Waals surface area contributed by atoms with Crippen LogP contribution in [-0.2, 0) is 11.3 Å². The van der Waals surface area contributed by atoms with Crippen LogP contribution in [0.2, 0.25) is 5.02 Å². The molecule has 0 bridgehead atoms. The summed E-state index contributed by atoms with van der Waals surface area (Å²) in [6.07, 6.45) is 2.56. The number of nitrogens with zero attached hydrogens (tertiary/aromatic N) is 1. The van der Waals surface area contributed by atoms with E-state index in [0.717, 1.165) is 5.75 Å². The van der Waals surface area contributed by atoms with E-state index in [0.29, 0.717) is 17.0 Å². The molecular formula is C13H18ClFN2OS. The first-order chi connectivity index (χ1) is 8.97. The normalized spacial score (nSPS) is 12.3. The SMILES string of the molecule is CSCC[C@H](N)C(=O)N(C)Cc1c(F)cccc1Cl. The summed E-state index contributed by atoms with van der Waals surface area (Å²) < 4.78 is 13.6. The molecular weight excluding hydrogens is 287 g/mol. The number of carbonyl (C=O) groups excluding carboxylic acids is 1.